The maximum absolute atomic E-state index is 11.6. The predicted molar refractivity (Wildman–Crippen MR) is 79.2 cm³/mol. The zero-order chi connectivity index (χ0) is 14.5. The molecule has 1 aliphatic heterocycles. The summed E-state index contributed by atoms with van der Waals surface area (Å²) in [5, 5.41) is 3.96. The summed E-state index contributed by atoms with van der Waals surface area (Å²) >= 11 is -1.07. The molecule has 2 rings (SSSR count). The third kappa shape index (κ3) is 3.85. The van der Waals surface area contributed by atoms with Crippen molar-refractivity contribution in [2.24, 2.45) is 5.10 Å². The van der Waals surface area contributed by atoms with Crippen molar-refractivity contribution in [2.45, 2.75) is 17.7 Å². The van der Waals surface area contributed by atoms with Crippen molar-refractivity contribution >= 4 is 28.9 Å². The number of nitrogens with one attached hydrogen (secondary N) is 1. The molecule has 0 radical (unpaired) electrons. The summed E-state index contributed by atoms with van der Waals surface area (Å²) in [5.41, 5.74) is 4.14. The van der Waals surface area contributed by atoms with Gasteiger partial charge >= 0.3 is 0 Å². The second-order valence-electron chi connectivity index (χ2n) is 4.37. The van der Waals surface area contributed by atoms with Crippen molar-refractivity contribution in [2.75, 3.05) is 13.4 Å². The molecule has 1 amide bonds. The van der Waals surface area contributed by atoms with E-state index in [9.17, 15) is 9.35 Å². The summed E-state index contributed by atoms with van der Waals surface area (Å²) in [6.07, 6.45) is 6.42. The highest BCUT2D eigenvalue weighted by Crippen LogP contribution is 2.21. The number of carbonyl (C=O) groups excluding carboxylic acids is 1. The van der Waals surface area contributed by atoms with Crippen LogP contribution in [0.1, 0.15) is 18.4 Å². The van der Waals surface area contributed by atoms with E-state index in [1.54, 1.807) is 19.4 Å². The van der Waals surface area contributed by atoms with Crippen molar-refractivity contribution in [1.29, 1.82) is 0 Å². The van der Waals surface area contributed by atoms with Crippen molar-refractivity contribution in [3.63, 3.8) is 0 Å². The fourth-order valence-electron chi connectivity index (χ4n) is 1.77. The van der Waals surface area contributed by atoms with Gasteiger partial charge in [-0.15, -0.1) is 0 Å². The average Bonchev–Trinajstić information content (AvgIpc) is 2.46. The highest BCUT2D eigenvalue weighted by atomic mass is 32.2. The van der Waals surface area contributed by atoms with Crippen LogP contribution in [0.2, 0.25) is 0 Å². The van der Waals surface area contributed by atoms with Crippen LogP contribution in [0.15, 0.2) is 34.3 Å². The summed E-state index contributed by atoms with van der Waals surface area (Å²) < 4.78 is 16.8. The molecule has 5 nitrogen and oxygen atoms in total. The Morgan fingerprint density at radius 2 is 2.15 bits per heavy atom. The van der Waals surface area contributed by atoms with Crippen molar-refractivity contribution in [3.05, 3.63) is 29.8 Å². The van der Waals surface area contributed by atoms with Gasteiger partial charge in [-0.2, -0.15) is 5.10 Å². The number of carbonyl (C=O) groups is 1. The molecular formula is C14H16N2O3S. The Balaban J connectivity index is 2.20. The first-order chi connectivity index (χ1) is 9.58. The quantitative estimate of drug-likeness (QED) is 0.859. The molecule has 1 heterocycles. The summed E-state index contributed by atoms with van der Waals surface area (Å²) in [4.78, 5) is 11.7. The van der Waals surface area contributed by atoms with E-state index in [-0.39, 0.29) is 5.91 Å². The maximum Gasteiger partial charge on any atom is 0.240 e. The second-order valence-corrected chi connectivity index (χ2v) is 5.75. The molecule has 1 aromatic rings. The van der Waals surface area contributed by atoms with Crippen LogP contribution in [-0.4, -0.2) is 29.5 Å². The minimum Gasteiger partial charge on any atom is -0.612 e. The first kappa shape index (κ1) is 14.6. The second kappa shape index (κ2) is 6.58. The van der Waals surface area contributed by atoms with E-state index in [4.69, 9.17) is 4.74 Å². The Bertz CT molecular complexity index is 568. The molecule has 0 saturated heterocycles. The average molecular weight is 292 g/mol. The minimum absolute atomic E-state index is 0.0628. The number of hydrogen-bond acceptors (Lipinski definition) is 4. The number of benzene rings is 1. The number of nitrogens with zero attached hydrogens (tertiary/aromatic N) is 1. The normalized spacial score (nSPS) is 16.8. The molecule has 20 heavy (non-hydrogen) atoms. The Labute approximate surface area is 120 Å². The zero-order valence-electron chi connectivity index (χ0n) is 11.4. The van der Waals surface area contributed by atoms with E-state index >= 15 is 0 Å². The Hall–Kier alpha value is -1.79. The number of rotatable bonds is 4. The van der Waals surface area contributed by atoms with Crippen LogP contribution in [0.5, 0.6) is 5.75 Å². The summed E-state index contributed by atoms with van der Waals surface area (Å²) in [5.74, 6) is 0.600. The van der Waals surface area contributed by atoms with Gasteiger partial charge in [0.1, 0.15) is 12.0 Å². The molecule has 1 N–H and O–H groups in total. The number of allylic oxidation sites excluding steroid dienone is 1. The number of ether oxygens (including phenoxy) is 1. The van der Waals surface area contributed by atoms with Crippen LogP contribution in [0.3, 0.4) is 0 Å². The molecule has 0 aliphatic carbocycles. The van der Waals surface area contributed by atoms with Gasteiger partial charge in [-0.25, -0.2) is 5.43 Å². The van der Waals surface area contributed by atoms with Crippen LogP contribution >= 0.6 is 0 Å². The first-order valence-electron chi connectivity index (χ1n) is 6.14. The molecule has 1 unspecified atom stereocenters. The van der Waals surface area contributed by atoms with Crippen LogP contribution in [0.4, 0.5) is 0 Å². The Morgan fingerprint density at radius 3 is 2.75 bits per heavy atom. The van der Waals surface area contributed by atoms with Gasteiger partial charge in [-0.05, 0) is 28.9 Å². The third-order valence-electron chi connectivity index (χ3n) is 2.87. The number of amides is 1. The molecule has 106 valence electrons. The maximum atomic E-state index is 11.6. The lowest BCUT2D eigenvalue weighted by molar-refractivity contribution is -0.121. The molecule has 0 saturated carbocycles. The smallest absolute Gasteiger partial charge is 0.240 e. The van der Waals surface area contributed by atoms with Gasteiger partial charge in [0.15, 0.2) is 4.90 Å². The van der Waals surface area contributed by atoms with Crippen LogP contribution in [0, 0.1) is 0 Å². The molecule has 0 fully saturated rings. The summed E-state index contributed by atoms with van der Waals surface area (Å²) in [6.45, 7) is 0. The fraction of sp³-hybridized carbons (Fsp3) is 0.286. The van der Waals surface area contributed by atoms with E-state index in [2.05, 4.69) is 10.5 Å². The lowest BCUT2D eigenvalue weighted by atomic mass is 10.1. The monoisotopic (exact) mass is 292 g/mol. The molecule has 1 aliphatic rings. The lowest BCUT2D eigenvalue weighted by Gasteiger charge is -2.09. The van der Waals surface area contributed by atoms with E-state index in [0.29, 0.717) is 23.5 Å². The largest absolute Gasteiger partial charge is 0.612 e. The lowest BCUT2D eigenvalue weighted by Crippen LogP contribution is -2.24. The SMILES string of the molecule is COc1cc(C=CC2=NNC(=O)CC2)cc([S+](C)[O-])c1. The molecule has 0 aromatic heterocycles. The number of hydrazone groups is 1. The van der Waals surface area contributed by atoms with E-state index in [1.165, 1.54) is 0 Å². The van der Waals surface area contributed by atoms with Crippen molar-refractivity contribution < 1.29 is 14.1 Å². The zero-order valence-corrected chi connectivity index (χ0v) is 12.2. The molecule has 0 spiro atoms. The summed E-state index contributed by atoms with van der Waals surface area (Å²) in [6, 6.07) is 5.46. The molecule has 1 aromatic carbocycles. The molecular weight excluding hydrogens is 276 g/mol. The van der Waals surface area contributed by atoms with Gasteiger partial charge in [0.2, 0.25) is 5.91 Å². The Kier molecular flexibility index (Phi) is 4.81. The van der Waals surface area contributed by atoms with Crippen LogP contribution in [0.25, 0.3) is 6.08 Å². The molecule has 0 bridgehead atoms. The standard InChI is InChI=1S/C14H16N2O3S/c1-19-12-7-10(8-13(9-12)20(2)18)3-4-11-5-6-14(17)16-15-11/h3-4,7-9H,5-6H2,1-2H3,(H,16,17). The van der Waals surface area contributed by atoms with Crippen molar-refractivity contribution in [3.8, 4) is 5.75 Å². The van der Waals surface area contributed by atoms with E-state index < -0.39 is 11.2 Å². The van der Waals surface area contributed by atoms with Gasteiger partial charge in [0, 0.05) is 25.0 Å². The first-order valence-corrected chi connectivity index (χ1v) is 7.70. The van der Waals surface area contributed by atoms with Gasteiger partial charge in [0.25, 0.3) is 0 Å². The topological polar surface area (TPSA) is 73.8 Å². The predicted octanol–water partition coefficient (Wildman–Crippen LogP) is 1.71. The van der Waals surface area contributed by atoms with Crippen LogP contribution < -0.4 is 10.2 Å². The minimum atomic E-state index is -1.07. The van der Waals surface area contributed by atoms with Crippen molar-refractivity contribution in [1.82, 2.24) is 5.43 Å². The van der Waals surface area contributed by atoms with Crippen LogP contribution in [-0.2, 0) is 16.0 Å². The number of methoxy groups -OCH3 is 1. The number of hydrogen-bond donors (Lipinski definition) is 1. The van der Waals surface area contributed by atoms with E-state index in [0.717, 1.165) is 11.3 Å². The Morgan fingerprint density at radius 1 is 1.35 bits per heavy atom. The third-order valence-corrected chi connectivity index (χ3v) is 3.77. The van der Waals surface area contributed by atoms with Gasteiger partial charge < -0.3 is 9.29 Å². The fourth-order valence-corrected chi connectivity index (χ4v) is 2.36. The summed E-state index contributed by atoms with van der Waals surface area (Å²) in [7, 11) is 1.58. The van der Waals surface area contributed by atoms with Gasteiger partial charge in [-0.1, -0.05) is 6.08 Å². The highest BCUT2D eigenvalue weighted by molar-refractivity contribution is 7.90. The van der Waals surface area contributed by atoms with E-state index in [1.807, 2.05) is 24.3 Å². The molecule has 6 heteroatoms. The highest BCUT2D eigenvalue weighted by Gasteiger charge is 2.10. The van der Waals surface area contributed by atoms with Gasteiger partial charge in [0.05, 0.1) is 12.8 Å². The van der Waals surface area contributed by atoms with Gasteiger partial charge in [-0.3, -0.25) is 4.79 Å². The molecule has 1 atom stereocenters.